The van der Waals surface area contributed by atoms with Crippen LogP contribution in [-0.4, -0.2) is 10.7 Å². The Hall–Kier alpha value is -0.0400. The maximum atomic E-state index is 9.93. The van der Waals surface area contributed by atoms with Crippen LogP contribution >= 0.6 is 0 Å². The molecule has 0 saturated heterocycles. The molecule has 0 aromatic heterocycles. The summed E-state index contributed by atoms with van der Waals surface area (Å²) in [6.45, 7) is 10.3. The van der Waals surface area contributed by atoms with Gasteiger partial charge in [0.1, 0.15) is 0 Å². The maximum absolute atomic E-state index is 9.93. The van der Waals surface area contributed by atoms with E-state index in [9.17, 15) is 5.11 Å². The fraction of sp³-hybridized carbons (Fsp3) is 1.00. The van der Waals surface area contributed by atoms with Gasteiger partial charge in [-0.15, -0.1) is 0 Å². The van der Waals surface area contributed by atoms with Gasteiger partial charge in [0.05, 0.1) is 5.60 Å². The topological polar surface area (TPSA) is 20.2 Å². The van der Waals surface area contributed by atoms with E-state index >= 15 is 0 Å². The second-order valence-corrected chi connectivity index (χ2v) is 3.90. The summed E-state index contributed by atoms with van der Waals surface area (Å²) < 4.78 is 0. The summed E-state index contributed by atoms with van der Waals surface area (Å²) in [6.07, 6.45) is 3.18. The molecule has 1 nitrogen and oxygen atoms in total. The summed E-state index contributed by atoms with van der Waals surface area (Å²) in [4.78, 5) is 0. The number of hydrogen-bond acceptors (Lipinski definition) is 1. The molecule has 0 unspecified atom stereocenters. The Bertz CT molecular complexity index is 98.3. The van der Waals surface area contributed by atoms with Crippen molar-refractivity contribution < 1.29 is 5.11 Å². The Morgan fingerprint density at radius 2 is 1.18 bits per heavy atom. The number of rotatable bonds is 4. The molecule has 0 radical (unpaired) electrons. The van der Waals surface area contributed by atoms with Crippen molar-refractivity contribution in [2.24, 2.45) is 5.41 Å². The average molecular weight is 158 g/mol. The van der Waals surface area contributed by atoms with Crippen molar-refractivity contribution in [2.45, 2.75) is 59.5 Å². The Labute approximate surface area is 70.8 Å². The molecule has 0 spiro atoms. The quantitative estimate of drug-likeness (QED) is 0.667. The first-order chi connectivity index (χ1) is 4.93. The Kier molecular flexibility index (Phi) is 3.56. The molecule has 0 amide bonds. The highest BCUT2D eigenvalue weighted by Crippen LogP contribution is 2.40. The Morgan fingerprint density at radius 3 is 1.18 bits per heavy atom. The zero-order valence-electron chi connectivity index (χ0n) is 8.57. The van der Waals surface area contributed by atoms with Crippen molar-refractivity contribution in [2.75, 3.05) is 0 Å². The van der Waals surface area contributed by atoms with Gasteiger partial charge in [-0.05, 0) is 38.5 Å². The molecule has 0 aliphatic carbocycles. The van der Waals surface area contributed by atoms with Crippen molar-refractivity contribution in [3.63, 3.8) is 0 Å². The third-order valence-corrected chi connectivity index (χ3v) is 3.33. The zero-order chi connectivity index (χ0) is 9.12. The normalized spacial score (nSPS) is 13.6. The standard InChI is InChI=1S/C10H22O/c1-6-10(7-2,8-3)9(4,5)11/h11H,6-8H2,1-5H3. The van der Waals surface area contributed by atoms with Crippen LogP contribution < -0.4 is 0 Å². The Balaban J connectivity index is 4.54. The molecular weight excluding hydrogens is 136 g/mol. The van der Waals surface area contributed by atoms with Crippen molar-refractivity contribution in [1.29, 1.82) is 0 Å². The second kappa shape index (κ2) is 3.57. The van der Waals surface area contributed by atoms with Gasteiger partial charge in [-0.2, -0.15) is 0 Å². The van der Waals surface area contributed by atoms with Gasteiger partial charge < -0.3 is 5.11 Å². The maximum Gasteiger partial charge on any atom is 0.0647 e. The van der Waals surface area contributed by atoms with Crippen LogP contribution in [0.3, 0.4) is 0 Å². The van der Waals surface area contributed by atoms with Crippen molar-refractivity contribution in [3.8, 4) is 0 Å². The van der Waals surface area contributed by atoms with Crippen LogP contribution in [0.1, 0.15) is 53.9 Å². The average Bonchev–Trinajstić information content (AvgIpc) is 1.90. The predicted molar refractivity (Wildman–Crippen MR) is 49.6 cm³/mol. The van der Waals surface area contributed by atoms with Crippen LogP contribution in [0.5, 0.6) is 0 Å². The molecule has 0 heterocycles. The third kappa shape index (κ3) is 1.96. The molecule has 0 aliphatic rings. The number of aliphatic hydroxyl groups is 1. The molecule has 0 aromatic rings. The van der Waals surface area contributed by atoms with Crippen LogP contribution in [0.15, 0.2) is 0 Å². The lowest BCUT2D eigenvalue weighted by molar-refractivity contribution is -0.0637. The van der Waals surface area contributed by atoms with E-state index in [2.05, 4.69) is 20.8 Å². The third-order valence-electron chi connectivity index (χ3n) is 3.33. The van der Waals surface area contributed by atoms with Crippen LogP contribution in [-0.2, 0) is 0 Å². The summed E-state index contributed by atoms with van der Waals surface area (Å²) >= 11 is 0. The van der Waals surface area contributed by atoms with E-state index in [0.29, 0.717) is 0 Å². The van der Waals surface area contributed by atoms with Gasteiger partial charge in [0.2, 0.25) is 0 Å². The predicted octanol–water partition coefficient (Wildman–Crippen LogP) is 2.97. The summed E-state index contributed by atoms with van der Waals surface area (Å²) in [5, 5.41) is 9.93. The van der Waals surface area contributed by atoms with Gasteiger partial charge in [0.15, 0.2) is 0 Å². The molecule has 1 N–H and O–H groups in total. The lowest BCUT2D eigenvalue weighted by Gasteiger charge is -2.42. The van der Waals surface area contributed by atoms with Gasteiger partial charge in [-0.25, -0.2) is 0 Å². The summed E-state index contributed by atoms with van der Waals surface area (Å²) in [7, 11) is 0. The van der Waals surface area contributed by atoms with E-state index in [1.165, 1.54) is 0 Å². The van der Waals surface area contributed by atoms with E-state index in [0.717, 1.165) is 19.3 Å². The molecule has 11 heavy (non-hydrogen) atoms. The molecule has 0 saturated carbocycles. The van der Waals surface area contributed by atoms with Crippen molar-refractivity contribution >= 4 is 0 Å². The molecule has 0 fully saturated rings. The minimum Gasteiger partial charge on any atom is -0.390 e. The molecule has 0 aliphatic heterocycles. The highest BCUT2D eigenvalue weighted by molar-refractivity contribution is 4.89. The fourth-order valence-electron chi connectivity index (χ4n) is 2.05. The minimum atomic E-state index is -0.536. The smallest absolute Gasteiger partial charge is 0.0647 e. The highest BCUT2D eigenvalue weighted by Gasteiger charge is 2.38. The largest absolute Gasteiger partial charge is 0.390 e. The highest BCUT2D eigenvalue weighted by atomic mass is 16.3. The van der Waals surface area contributed by atoms with E-state index in [4.69, 9.17) is 0 Å². The number of hydrogen-bond donors (Lipinski definition) is 1. The lowest BCUT2D eigenvalue weighted by Crippen LogP contribution is -2.42. The van der Waals surface area contributed by atoms with Gasteiger partial charge >= 0.3 is 0 Å². The van der Waals surface area contributed by atoms with Crippen LogP contribution in [0.4, 0.5) is 0 Å². The van der Waals surface area contributed by atoms with Gasteiger partial charge in [-0.3, -0.25) is 0 Å². The van der Waals surface area contributed by atoms with Crippen molar-refractivity contribution in [1.82, 2.24) is 0 Å². The molecule has 68 valence electrons. The zero-order valence-corrected chi connectivity index (χ0v) is 8.57. The summed E-state index contributed by atoms with van der Waals surface area (Å²) in [5.74, 6) is 0. The minimum absolute atomic E-state index is 0.118. The van der Waals surface area contributed by atoms with E-state index in [1.807, 2.05) is 13.8 Å². The molecule has 0 atom stereocenters. The Morgan fingerprint density at radius 1 is 0.909 bits per heavy atom. The van der Waals surface area contributed by atoms with E-state index in [-0.39, 0.29) is 5.41 Å². The molecule has 0 rings (SSSR count). The van der Waals surface area contributed by atoms with Crippen molar-refractivity contribution in [3.05, 3.63) is 0 Å². The summed E-state index contributed by atoms with van der Waals surface area (Å²) in [6, 6.07) is 0. The molecule has 0 bridgehead atoms. The molecule has 0 aromatic carbocycles. The van der Waals surface area contributed by atoms with Gasteiger partial charge in [-0.1, -0.05) is 20.8 Å². The monoisotopic (exact) mass is 158 g/mol. The van der Waals surface area contributed by atoms with Crippen LogP contribution in [0.25, 0.3) is 0 Å². The first kappa shape index (κ1) is 11.0. The van der Waals surface area contributed by atoms with Crippen LogP contribution in [0, 0.1) is 5.41 Å². The van der Waals surface area contributed by atoms with E-state index < -0.39 is 5.60 Å². The summed E-state index contributed by atoms with van der Waals surface area (Å²) in [5.41, 5.74) is -0.418. The fourth-order valence-corrected chi connectivity index (χ4v) is 2.05. The molecule has 1 heteroatoms. The van der Waals surface area contributed by atoms with Gasteiger partial charge in [0.25, 0.3) is 0 Å². The SMILES string of the molecule is CCC(CC)(CC)C(C)(C)O. The van der Waals surface area contributed by atoms with Crippen LogP contribution in [0.2, 0.25) is 0 Å². The molecular formula is C10H22O. The first-order valence-electron chi connectivity index (χ1n) is 4.66. The lowest BCUT2D eigenvalue weighted by atomic mass is 9.68. The van der Waals surface area contributed by atoms with E-state index in [1.54, 1.807) is 0 Å². The second-order valence-electron chi connectivity index (χ2n) is 3.90. The first-order valence-corrected chi connectivity index (χ1v) is 4.66. The van der Waals surface area contributed by atoms with Gasteiger partial charge in [0, 0.05) is 0 Å².